The van der Waals surface area contributed by atoms with Crippen molar-refractivity contribution in [2.24, 2.45) is 0 Å². The Morgan fingerprint density at radius 1 is 0.958 bits per heavy atom. The van der Waals surface area contributed by atoms with E-state index in [0.29, 0.717) is 0 Å². The van der Waals surface area contributed by atoms with E-state index in [2.05, 4.69) is 10.4 Å². The maximum absolute atomic E-state index is 13.1. The predicted molar refractivity (Wildman–Crippen MR) is 92.7 cm³/mol. The van der Waals surface area contributed by atoms with Crippen molar-refractivity contribution in [3.8, 4) is 11.5 Å². The SMILES string of the molecule is CC1(c2ccc(F)cc2)Oc2ccc(SN3CCCCC3)cc2O1. The Morgan fingerprint density at radius 3 is 2.42 bits per heavy atom. The first-order valence-corrected chi connectivity index (χ1v) is 9.11. The topological polar surface area (TPSA) is 21.7 Å². The van der Waals surface area contributed by atoms with E-state index in [4.69, 9.17) is 9.47 Å². The Hall–Kier alpha value is -1.72. The fourth-order valence-electron chi connectivity index (χ4n) is 3.13. The van der Waals surface area contributed by atoms with Crippen LogP contribution in [0.25, 0.3) is 0 Å². The van der Waals surface area contributed by atoms with Crippen molar-refractivity contribution in [1.82, 2.24) is 4.31 Å². The number of ether oxygens (including phenoxy) is 2. The summed E-state index contributed by atoms with van der Waals surface area (Å²) in [5, 5.41) is 0. The Labute approximate surface area is 145 Å². The summed E-state index contributed by atoms with van der Waals surface area (Å²) in [7, 11) is 0. The first-order chi connectivity index (χ1) is 11.6. The Morgan fingerprint density at radius 2 is 1.67 bits per heavy atom. The molecule has 2 heterocycles. The highest BCUT2D eigenvalue weighted by Gasteiger charge is 2.38. The van der Waals surface area contributed by atoms with E-state index < -0.39 is 5.79 Å². The van der Waals surface area contributed by atoms with Crippen LogP contribution >= 0.6 is 11.9 Å². The highest BCUT2D eigenvalue weighted by atomic mass is 32.2. The Kier molecular flexibility index (Phi) is 4.14. The summed E-state index contributed by atoms with van der Waals surface area (Å²) in [5.74, 6) is 0.288. The van der Waals surface area contributed by atoms with E-state index >= 15 is 0 Å². The zero-order valence-electron chi connectivity index (χ0n) is 13.6. The van der Waals surface area contributed by atoms with Crippen molar-refractivity contribution >= 4 is 11.9 Å². The summed E-state index contributed by atoms with van der Waals surface area (Å²) in [6, 6.07) is 12.3. The van der Waals surface area contributed by atoms with E-state index in [0.717, 1.165) is 35.0 Å². The quantitative estimate of drug-likeness (QED) is 0.733. The van der Waals surface area contributed by atoms with Crippen LogP contribution in [0.5, 0.6) is 11.5 Å². The second-order valence-electron chi connectivity index (χ2n) is 6.35. The molecule has 0 aliphatic carbocycles. The molecule has 0 aromatic heterocycles. The van der Waals surface area contributed by atoms with Gasteiger partial charge in [0.1, 0.15) is 5.82 Å². The number of fused-ring (bicyclic) bond motifs is 1. The van der Waals surface area contributed by atoms with Gasteiger partial charge in [0.25, 0.3) is 5.79 Å². The second-order valence-corrected chi connectivity index (χ2v) is 7.52. The molecule has 0 amide bonds. The van der Waals surface area contributed by atoms with Gasteiger partial charge in [-0.25, -0.2) is 8.70 Å². The van der Waals surface area contributed by atoms with Gasteiger partial charge in [-0.05, 0) is 67.3 Å². The molecule has 5 heteroatoms. The largest absolute Gasteiger partial charge is 0.445 e. The highest BCUT2D eigenvalue weighted by Crippen LogP contribution is 2.45. The maximum Gasteiger partial charge on any atom is 0.275 e. The minimum atomic E-state index is -0.912. The van der Waals surface area contributed by atoms with E-state index in [9.17, 15) is 4.39 Å². The van der Waals surface area contributed by atoms with Crippen LogP contribution in [0.4, 0.5) is 4.39 Å². The molecule has 0 spiro atoms. The van der Waals surface area contributed by atoms with Crippen molar-refractivity contribution < 1.29 is 13.9 Å². The lowest BCUT2D eigenvalue weighted by molar-refractivity contribution is -0.0681. The summed E-state index contributed by atoms with van der Waals surface area (Å²) in [6.07, 6.45) is 3.86. The summed E-state index contributed by atoms with van der Waals surface area (Å²) in [4.78, 5) is 1.16. The fraction of sp³-hybridized carbons (Fsp3) is 0.368. The van der Waals surface area contributed by atoms with Gasteiger partial charge in [-0.15, -0.1) is 0 Å². The molecule has 0 bridgehead atoms. The van der Waals surface area contributed by atoms with Gasteiger partial charge in [-0.1, -0.05) is 6.42 Å². The molecule has 24 heavy (non-hydrogen) atoms. The van der Waals surface area contributed by atoms with Gasteiger partial charge in [0, 0.05) is 30.5 Å². The zero-order valence-corrected chi connectivity index (χ0v) is 14.4. The third-order valence-electron chi connectivity index (χ3n) is 4.44. The smallest absolute Gasteiger partial charge is 0.275 e. The standard InChI is InChI=1S/C19H20FNO2S/c1-19(14-5-7-15(20)8-6-14)22-17-10-9-16(13-18(17)23-19)24-21-11-3-2-4-12-21/h5-10,13H,2-4,11-12H2,1H3. The third-order valence-corrected chi connectivity index (χ3v) is 5.53. The predicted octanol–water partition coefficient (Wildman–Crippen LogP) is 4.96. The van der Waals surface area contributed by atoms with Gasteiger partial charge in [0.2, 0.25) is 0 Å². The van der Waals surface area contributed by atoms with Crippen molar-refractivity contribution in [2.45, 2.75) is 36.9 Å². The molecular weight excluding hydrogens is 325 g/mol. The molecule has 1 atom stereocenters. The van der Waals surface area contributed by atoms with Crippen molar-refractivity contribution in [1.29, 1.82) is 0 Å². The van der Waals surface area contributed by atoms with Gasteiger partial charge in [-0.2, -0.15) is 0 Å². The molecule has 2 aromatic carbocycles. The fourth-order valence-corrected chi connectivity index (χ4v) is 4.15. The van der Waals surface area contributed by atoms with Crippen LogP contribution in [0.3, 0.4) is 0 Å². The van der Waals surface area contributed by atoms with E-state index in [1.54, 1.807) is 24.1 Å². The molecule has 1 unspecified atom stereocenters. The van der Waals surface area contributed by atoms with E-state index in [1.807, 2.05) is 19.1 Å². The molecule has 0 saturated carbocycles. The molecule has 0 radical (unpaired) electrons. The van der Waals surface area contributed by atoms with E-state index in [1.165, 1.54) is 31.4 Å². The van der Waals surface area contributed by atoms with Gasteiger partial charge in [0.05, 0.1) is 0 Å². The van der Waals surface area contributed by atoms with Crippen LogP contribution in [-0.4, -0.2) is 17.4 Å². The van der Waals surface area contributed by atoms with Gasteiger partial charge in [0.15, 0.2) is 11.5 Å². The molecule has 126 valence electrons. The number of nitrogens with zero attached hydrogens (tertiary/aromatic N) is 1. The minimum absolute atomic E-state index is 0.266. The van der Waals surface area contributed by atoms with Gasteiger partial charge >= 0.3 is 0 Å². The molecule has 1 saturated heterocycles. The lowest BCUT2D eigenvalue weighted by Gasteiger charge is -2.25. The van der Waals surface area contributed by atoms with Crippen LogP contribution in [0.15, 0.2) is 47.4 Å². The van der Waals surface area contributed by atoms with Crippen molar-refractivity contribution in [3.63, 3.8) is 0 Å². The number of halogens is 1. The van der Waals surface area contributed by atoms with Crippen LogP contribution in [-0.2, 0) is 5.79 Å². The zero-order chi connectivity index (χ0) is 16.6. The summed E-state index contributed by atoms with van der Waals surface area (Å²) < 4.78 is 27.6. The number of hydrogen-bond donors (Lipinski definition) is 0. The molecule has 2 aliphatic rings. The summed E-state index contributed by atoms with van der Waals surface area (Å²) >= 11 is 1.78. The monoisotopic (exact) mass is 345 g/mol. The van der Waals surface area contributed by atoms with Crippen molar-refractivity contribution in [3.05, 3.63) is 53.8 Å². The third kappa shape index (κ3) is 3.10. The Bertz CT molecular complexity index is 731. The average Bonchev–Trinajstić information content (AvgIpc) is 2.93. The summed E-state index contributed by atoms with van der Waals surface area (Å²) in [6.45, 7) is 4.12. The lowest BCUT2D eigenvalue weighted by Crippen LogP contribution is -2.31. The lowest BCUT2D eigenvalue weighted by atomic mass is 10.1. The van der Waals surface area contributed by atoms with Crippen LogP contribution in [0, 0.1) is 5.82 Å². The molecule has 2 aromatic rings. The molecule has 4 rings (SSSR count). The van der Waals surface area contributed by atoms with Crippen LogP contribution < -0.4 is 9.47 Å². The Balaban J connectivity index is 1.52. The number of hydrogen-bond acceptors (Lipinski definition) is 4. The van der Waals surface area contributed by atoms with Gasteiger partial charge in [-0.3, -0.25) is 0 Å². The minimum Gasteiger partial charge on any atom is -0.445 e. The molecule has 3 nitrogen and oxygen atoms in total. The molecular formula is C19H20FNO2S. The van der Waals surface area contributed by atoms with Gasteiger partial charge < -0.3 is 9.47 Å². The van der Waals surface area contributed by atoms with Crippen LogP contribution in [0.2, 0.25) is 0 Å². The summed E-state index contributed by atoms with van der Waals surface area (Å²) in [5.41, 5.74) is 0.797. The molecule has 1 fully saturated rings. The maximum atomic E-state index is 13.1. The average molecular weight is 345 g/mol. The number of rotatable bonds is 3. The first kappa shape index (κ1) is 15.8. The highest BCUT2D eigenvalue weighted by molar-refractivity contribution is 7.97. The molecule has 2 aliphatic heterocycles. The molecule has 0 N–H and O–H groups in total. The number of benzene rings is 2. The first-order valence-electron chi connectivity index (χ1n) is 8.33. The number of piperidine rings is 1. The normalized spacial score (nSPS) is 23.4. The van der Waals surface area contributed by atoms with E-state index in [-0.39, 0.29) is 5.82 Å². The van der Waals surface area contributed by atoms with Crippen molar-refractivity contribution in [2.75, 3.05) is 13.1 Å². The van der Waals surface area contributed by atoms with Crippen LogP contribution in [0.1, 0.15) is 31.7 Å². The second kappa shape index (κ2) is 6.30.